The van der Waals surface area contributed by atoms with E-state index in [1.54, 1.807) is 0 Å². The number of alkyl halides is 3. The van der Waals surface area contributed by atoms with Gasteiger partial charge in [0.05, 0.1) is 11.3 Å². The van der Waals surface area contributed by atoms with Crippen LogP contribution in [-0.2, 0) is 5.33 Å². The highest BCUT2D eigenvalue weighted by Crippen LogP contribution is 2.27. The minimum atomic E-state index is -2.73. The van der Waals surface area contributed by atoms with Gasteiger partial charge in [-0.3, -0.25) is 4.79 Å². The van der Waals surface area contributed by atoms with Crippen molar-refractivity contribution >= 4 is 33.8 Å². The third-order valence-corrected chi connectivity index (χ3v) is 2.45. The van der Waals surface area contributed by atoms with Gasteiger partial charge < -0.3 is 0 Å². The predicted octanol–water partition coefficient (Wildman–Crippen LogP) is 3.38. The first-order valence-electron chi connectivity index (χ1n) is 3.58. The molecular formula is C8H5BrClF2NO. The highest BCUT2D eigenvalue weighted by molar-refractivity contribution is 9.08. The molecular weight excluding hydrogens is 279 g/mol. The van der Waals surface area contributed by atoms with E-state index in [2.05, 4.69) is 20.9 Å². The van der Waals surface area contributed by atoms with Crippen LogP contribution in [0.15, 0.2) is 6.07 Å². The SMILES string of the molecule is O=Cc1c(C(F)F)cc(CBr)nc1Cl. The fraction of sp³-hybridized carbons (Fsp3) is 0.250. The van der Waals surface area contributed by atoms with E-state index in [4.69, 9.17) is 11.6 Å². The van der Waals surface area contributed by atoms with Crippen LogP contribution in [0.1, 0.15) is 28.0 Å². The highest BCUT2D eigenvalue weighted by atomic mass is 79.9. The summed E-state index contributed by atoms with van der Waals surface area (Å²) in [4.78, 5) is 14.2. The van der Waals surface area contributed by atoms with Gasteiger partial charge in [-0.05, 0) is 6.07 Å². The average Bonchev–Trinajstić information content (AvgIpc) is 2.16. The molecule has 1 aromatic heterocycles. The van der Waals surface area contributed by atoms with Crippen molar-refractivity contribution in [3.05, 3.63) is 28.0 Å². The van der Waals surface area contributed by atoms with Gasteiger partial charge in [0.1, 0.15) is 5.15 Å². The van der Waals surface area contributed by atoms with E-state index in [9.17, 15) is 13.6 Å². The third-order valence-electron chi connectivity index (χ3n) is 1.59. The Morgan fingerprint density at radius 2 is 2.29 bits per heavy atom. The standard InChI is InChI=1S/C8H5BrClF2NO/c9-2-4-1-5(8(11)12)6(3-14)7(10)13-4/h1,3,8H,2H2. The first kappa shape index (κ1) is 11.5. The first-order valence-corrected chi connectivity index (χ1v) is 5.08. The maximum Gasteiger partial charge on any atom is 0.264 e. The lowest BCUT2D eigenvalue weighted by Gasteiger charge is -2.06. The van der Waals surface area contributed by atoms with Crippen molar-refractivity contribution < 1.29 is 13.6 Å². The molecule has 14 heavy (non-hydrogen) atoms. The van der Waals surface area contributed by atoms with Crippen molar-refractivity contribution in [2.45, 2.75) is 11.8 Å². The van der Waals surface area contributed by atoms with Crippen LogP contribution in [0.3, 0.4) is 0 Å². The summed E-state index contributed by atoms with van der Waals surface area (Å²) in [7, 11) is 0. The molecule has 0 aliphatic rings. The maximum atomic E-state index is 12.5. The summed E-state index contributed by atoms with van der Waals surface area (Å²) >= 11 is 8.63. The summed E-state index contributed by atoms with van der Waals surface area (Å²) in [5, 5.41) is 0.123. The van der Waals surface area contributed by atoms with Gasteiger partial charge in [0.15, 0.2) is 6.29 Å². The van der Waals surface area contributed by atoms with Crippen LogP contribution in [0.2, 0.25) is 5.15 Å². The third kappa shape index (κ3) is 2.27. The largest absolute Gasteiger partial charge is 0.298 e. The Morgan fingerprint density at radius 3 is 2.71 bits per heavy atom. The molecule has 0 N–H and O–H groups in total. The Kier molecular flexibility index (Phi) is 3.95. The fourth-order valence-electron chi connectivity index (χ4n) is 0.961. The molecule has 0 bridgehead atoms. The number of nitrogens with zero attached hydrogens (tertiary/aromatic N) is 1. The van der Waals surface area contributed by atoms with E-state index >= 15 is 0 Å². The van der Waals surface area contributed by atoms with Crippen molar-refractivity contribution in [3.63, 3.8) is 0 Å². The second-order valence-electron chi connectivity index (χ2n) is 2.46. The van der Waals surface area contributed by atoms with Crippen LogP contribution in [0.5, 0.6) is 0 Å². The second-order valence-corrected chi connectivity index (χ2v) is 3.38. The number of hydrogen-bond acceptors (Lipinski definition) is 2. The molecule has 0 amide bonds. The molecule has 0 saturated carbocycles. The number of rotatable bonds is 3. The summed E-state index contributed by atoms with van der Waals surface area (Å²) in [6.45, 7) is 0. The van der Waals surface area contributed by atoms with Gasteiger partial charge in [0, 0.05) is 10.9 Å². The minimum Gasteiger partial charge on any atom is -0.298 e. The van der Waals surface area contributed by atoms with E-state index in [1.807, 2.05) is 0 Å². The van der Waals surface area contributed by atoms with Crippen molar-refractivity contribution in [1.29, 1.82) is 0 Å². The molecule has 0 fully saturated rings. The van der Waals surface area contributed by atoms with Crippen molar-refractivity contribution in [2.75, 3.05) is 0 Å². The van der Waals surface area contributed by atoms with Crippen LogP contribution in [0.25, 0.3) is 0 Å². The lowest BCUT2D eigenvalue weighted by molar-refractivity contribution is 0.110. The lowest BCUT2D eigenvalue weighted by Crippen LogP contribution is -1.99. The van der Waals surface area contributed by atoms with Gasteiger partial charge in [-0.15, -0.1) is 0 Å². The van der Waals surface area contributed by atoms with Gasteiger partial charge in [0.2, 0.25) is 0 Å². The fourth-order valence-corrected chi connectivity index (χ4v) is 1.51. The van der Waals surface area contributed by atoms with E-state index in [1.165, 1.54) is 0 Å². The molecule has 76 valence electrons. The summed E-state index contributed by atoms with van der Waals surface area (Å²) in [6.07, 6.45) is -2.44. The number of halogens is 4. The van der Waals surface area contributed by atoms with Crippen LogP contribution < -0.4 is 0 Å². The van der Waals surface area contributed by atoms with Crippen molar-refractivity contribution in [3.8, 4) is 0 Å². The molecule has 0 saturated heterocycles. The molecule has 0 aliphatic heterocycles. The smallest absolute Gasteiger partial charge is 0.264 e. The van der Waals surface area contributed by atoms with Crippen molar-refractivity contribution in [1.82, 2.24) is 4.98 Å². The Bertz CT molecular complexity index is 359. The zero-order valence-corrected chi connectivity index (χ0v) is 9.15. The monoisotopic (exact) mass is 283 g/mol. The van der Waals surface area contributed by atoms with Crippen LogP contribution in [0, 0.1) is 0 Å². The number of aldehydes is 1. The van der Waals surface area contributed by atoms with Gasteiger partial charge >= 0.3 is 0 Å². The Labute approximate surface area is 92.4 Å². The highest BCUT2D eigenvalue weighted by Gasteiger charge is 2.17. The van der Waals surface area contributed by atoms with Crippen LogP contribution in [-0.4, -0.2) is 11.3 Å². The number of hydrogen-bond donors (Lipinski definition) is 0. The molecule has 1 aromatic rings. The van der Waals surface area contributed by atoms with Gasteiger partial charge in [-0.1, -0.05) is 27.5 Å². The van der Waals surface area contributed by atoms with E-state index in [-0.39, 0.29) is 22.6 Å². The first-order chi connectivity index (χ1) is 6.60. The Morgan fingerprint density at radius 1 is 1.64 bits per heavy atom. The molecule has 1 heterocycles. The molecule has 0 radical (unpaired) electrons. The molecule has 2 nitrogen and oxygen atoms in total. The Hall–Kier alpha value is -0.550. The summed E-state index contributed by atoms with van der Waals surface area (Å²) < 4.78 is 24.9. The van der Waals surface area contributed by atoms with Crippen molar-refractivity contribution in [2.24, 2.45) is 0 Å². The second kappa shape index (κ2) is 4.79. The quantitative estimate of drug-likeness (QED) is 0.484. The van der Waals surface area contributed by atoms with Gasteiger partial charge in [-0.2, -0.15) is 0 Å². The normalized spacial score (nSPS) is 10.6. The molecule has 0 atom stereocenters. The number of aromatic nitrogens is 1. The van der Waals surface area contributed by atoms with Gasteiger partial charge in [0.25, 0.3) is 6.43 Å². The number of carbonyl (C=O) groups excluding carboxylic acids is 1. The molecule has 1 rings (SSSR count). The van der Waals surface area contributed by atoms with Gasteiger partial charge in [-0.25, -0.2) is 13.8 Å². The van der Waals surface area contributed by atoms with Crippen LogP contribution >= 0.6 is 27.5 Å². The predicted molar refractivity (Wildman–Crippen MR) is 52.2 cm³/mol. The van der Waals surface area contributed by atoms with E-state index < -0.39 is 6.43 Å². The average molecular weight is 284 g/mol. The molecule has 0 aliphatic carbocycles. The topological polar surface area (TPSA) is 30.0 Å². The summed E-state index contributed by atoms with van der Waals surface area (Å²) in [5.41, 5.74) is -0.253. The molecule has 0 spiro atoms. The van der Waals surface area contributed by atoms with Crippen LogP contribution in [0.4, 0.5) is 8.78 Å². The number of pyridine rings is 1. The molecule has 0 aromatic carbocycles. The van der Waals surface area contributed by atoms with E-state index in [0.29, 0.717) is 11.0 Å². The molecule has 0 unspecified atom stereocenters. The Balaban J connectivity index is 3.35. The summed E-state index contributed by atoms with van der Waals surface area (Å²) in [6, 6.07) is 1.16. The van der Waals surface area contributed by atoms with E-state index in [0.717, 1.165) is 6.07 Å². The number of carbonyl (C=O) groups is 1. The lowest BCUT2D eigenvalue weighted by atomic mass is 10.1. The summed E-state index contributed by atoms with van der Waals surface area (Å²) in [5.74, 6) is 0. The minimum absolute atomic E-state index is 0.188. The maximum absolute atomic E-state index is 12.5. The zero-order chi connectivity index (χ0) is 10.7. The molecule has 6 heteroatoms. The zero-order valence-electron chi connectivity index (χ0n) is 6.81.